The zero-order chi connectivity index (χ0) is 28.2. The van der Waals surface area contributed by atoms with Gasteiger partial charge in [0.1, 0.15) is 17.6 Å². The predicted molar refractivity (Wildman–Crippen MR) is 149 cm³/mol. The fourth-order valence-electron chi connectivity index (χ4n) is 5.32. The first-order chi connectivity index (χ1) is 19.4. The highest BCUT2D eigenvalue weighted by atomic mass is 16.5. The van der Waals surface area contributed by atoms with Crippen molar-refractivity contribution < 1.29 is 28.9 Å². The lowest BCUT2D eigenvalue weighted by Gasteiger charge is -2.26. The summed E-state index contributed by atoms with van der Waals surface area (Å²) >= 11 is 0. The van der Waals surface area contributed by atoms with Crippen molar-refractivity contribution in [3.05, 3.63) is 77.4 Å². The highest BCUT2D eigenvalue weighted by Gasteiger charge is 2.46. The number of ether oxygens (including phenoxy) is 3. The second-order valence-corrected chi connectivity index (χ2v) is 10.1. The molecule has 0 radical (unpaired) electrons. The molecule has 3 heterocycles. The number of carbonyl (C=O) groups excluding carboxylic acids is 2. The first-order valence-electron chi connectivity index (χ1n) is 13.8. The van der Waals surface area contributed by atoms with Crippen molar-refractivity contribution in [2.24, 2.45) is 0 Å². The smallest absolute Gasteiger partial charge is 0.295 e. The van der Waals surface area contributed by atoms with Crippen molar-refractivity contribution in [2.75, 3.05) is 19.8 Å². The molecule has 2 aliphatic heterocycles. The van der Waals surface area contributed by atoms with Crippen molar-refractivity contribution >= 4 is 17.4 Å². The van der Waals surface area contributed by atoms with Crippen molar-refractivity contribution in [1.29, 1.82) is 0 Å². The summed E-state index contributed by atoms with van der Waals surface area (Å²) in [5.41, 5.74) is 2.16. The van der Waals surface area contributed by atoms with Gasteiger partial charge in [-0.3, -0.25) is 9.59 Å². The van der Waals surface area contributed by atoms with Crippen LogP contribution < -0.4 is 14.2 Å². The predicted octanol–water partition coefficient (Wildman–Crippen LogP) is 4.91. The third-order valence-corrected chi connectivity index (χ3v) is 7.13. The molecule has 1 amide bonds. The minimum atomic E-state index is -0.786. The standard InChI is InChI=1S/C31H35N3O6/c1-4-15-39-25-10-7-21(18-26(25)38-5-2)28-27(29(35)22-8-9-24-23(17-22)16-20(3)40-24)30(36)31(37)34(28)13-6-12-33-14-11-32-19-33/h7-11,14,17-20,28,35H,4-6,12-13,15-16H2,1-3H3/b29-27+/t20-,28+/m0/s1. The van der Waals surface area contributed by atoms with Gasteiger partial charge in [-0.1, -0.05) is 13.0 Å². The number of benzene rings is 2. The molecule has 3 aromatic rings. The highest BCUT2D eigenvalue weighted by Crippen LogP contribution is 2.43. The number of hydrogen-bond donors (Lipinski definition) is 1. The number of aryl methyl sites for hydroxylation is 1. The van der Waals surface area contributed by atoms with Crippen LogP contribution in [0, 0.1) is 0 Å². The minimum Gasteiger partial charge on any atom is -0.507 e. The number of imidazole rings is 1. The van der Waals surface area contributed by atoms with E-state index in [0.717, 1.165) is 17.7 Å². The molecule has 0 unspecified atom stereocenters. The van der Waals surface area contributed by atoms with Gasteiger partial charge in [-0.15, -0.1) is 0 Å². The molecule has 2 atom stereocenters. The van der Waals surface area contributed by atoms with Gasteiger partial charge in [-0.2, -0.15) is 0 Å². The van der Waals surface area contributed by atoms with E-state index in [-0.39, 0.29) is 17.4 Å². The Morgan fingerprint density at radius 2 is 1.95 bits per heavy atom. The van der Waals surface area contributed by atoms with Crippen molar-refractivity contribution in [2.45, 2.75) is 58.7 Å². The largest absolute Gasteiger partial charge is 0.507 e. The van der Waals surface area contributed by atoms with Crippen LogP contribution in [0.3, 0.4) is 0 Å². The number of likely N-dealkylation sites (tertiary alicyclic amines) is 1. The fourth-order valence-corrected chi connectivity index (χ4v) is 5.32. The molecule has 9 heteroatoms. The number of aliphatic hydroxyl groups is 1. The Bertz CT molecular complexity index is 1410. The molecule has 1 aromatic heterocycles. The highest BCUT2D eigenvalue weighted by molar-refractivity contribution is 6.46. The average Bonchev–Trinajstić information content (AvgIpc) is 3.66. The van der Waals surface area contributed by atoms with Crippen LogP contribution >= 0.6 is 0 Å². The molecule has 0 saturated carbocycles. The molecule has 2 aromatic carbocycles. The van der Waals surface area contributed by atoms with Crippen molar-refractivity contribution in [3.8, 4) is 17.2 Å². The molecule has 5 rings (SSSR count). The molecular formula is C31H35N3O6. The van der Waals surface area contributed by atoms with Crippen molar-refractivity contribution in [1.82, 2.24) is 14.5 Å². The topological polar surface area (TPSA) is 103 Å². The van der Waals surface area contributed by atoms with E-state index >= 15 is 0 Å². The molecule has 1 saturated heterocycles. The Labute approximate surface area is 234 Å². The molecule has 1 fully saturated rings. The zero-order valence-corrected chi connectivity index (χ0v) is 23.1. The van der Waals surface area contributed by atoms with Gasteiger partial charge in [0.05, 0.1) is 31.2 Å². The molecule has 1 N–H and O–H groups in total. The van der Waals surface area contributed by atoms with Crippen LogP contribution in [0.1, 0.15) is 56.3 Å². The number of aromatic nitrogens is 2. The summed E-state index contributed by atoms with van der Waals surface area (Å²) in [7, 11) is 0. The number of nitrogens with zero attached hydrogens (tertiary/aromatic N) is 3. The van der Waals surface area contributed by atoms with Gasteiger partial charge in [0, 0.05) is 37.5 Å². The summed E-state index contributed by atoms with van der Waals surface area (Å²) < 4.78 is 19.5. The van der Waals surface area contributed by atoms with Gasteiger partial charge in [-0.05, 0) is 68.1 Å². The second kappa shape index (κ2) is 11.9. The number of fused-ring (bicyclic) bond motifs is 1. The van der Waals surface area contributed by atoms with E-state index in [1.54, 1.807) is 41.7 Å². The lowest BCUT2D eigenvalue weighted by atomic mass is 9.94. The summed E-state index contributed by atoms with van der Waals surface area (Å²) in [6.45, 7) is 7.80. The van der Waals surface area contributed by atoms with E-state index in [2.05, 4.69) is 4.98 Å². The molecule has 40 heavy (non-hydrogen) atoms. The van der Waals surface area contributed by atoms with Crippen LogP contribution in [0.2, 0.25) is 0 Å². The first kappa shape index (κ1) is 27.3. The molecule has 0 spiro atoms. The number of carbonyl (C=O) groups is 2. The monoisotopic (exact) mass is 545 g/mol. The Kier molecular flexibility index (Phi) is 8.09. The van der Waals surface area contributed by atoms with Gasteiger partial charge in [-0.25, -0.2) is 4.98 Å². The SMILES string of the molecule is CCCOc1ccc([C@@H]2/C(=C(\O)c3ccc4c(c3)C[C@H](C)O4)C(=O)C(=O)N2CCCn2ccnc2)cc1OCC. The molecule has 2 aliphatic rings. The van der Waals surface area contributed by atoms with Gasteiger partial charge in [0.2, 0.25) is 0 Å². The van der Waals surface area contributed by atoms with Crippen LogP contribution in [0.15, 0.2) is 60.7 Å². The van der Waals surface area contributed by atoms with E-state index in [1.165, 1.54) is 0 Å². The maximum absolute atomic E-state index is 13.5. The normalized spacial score (nSPS) is 19.5. The van der Waals surface area contributed by atoms with E-state index in [1.807, 2.05) is 43.7 Å². The van der Waals surface area contributed by atoms with Crippen LogP contribution in [-0.4, -0.2) is 57.1 Å². The Hall–Kier alpha value is -4.27. The van der Waals surface area contributed by atoms with Crippen LogP contribution in [0.5, 0.6) is 17.2 Å². The number of aliphatic hydroxyl groups excluding tert-OH is 1. The summed E-state index contributed by atoms with van der Waals surface area (Å²) in [5, 5.41) is 11.5. The molecule has 210 valence electrons. The Morgan fingerprint density at radius 3 is 2.70 bits per heavy atom. The number of ketones is 1. The van der Waals surface area contributed by atoms with Crippen molar-refractivity contribution in [3.63, 3.8) is 0 Å². The van der Waals surface area contributed by atoms with Crippen LogP contribution in [0.25, 0.3) is 5.76 Å². The quantitative estimate of drug-likeness (QED) is 0.208. The number of amides is 1. The molecular weight excluding hydrogens is 510 g/mol. The molecule has 0 aliphatic carbocycles. The van der Waals surface area contributed by atoms with Gasteiger partial charge in [0.15, 0.2) is 11.5 Å². The Morgan fingerprint density at radius 1 is 1.10 bits per heavy atom. The number of hydrogen-bond acceptors (Lipinski definition) is 7. The zero-order valence-electron chi connectivity index (χ0n) is 23.1. The van der Waals surface area contributed by atoms with Crippen LogP contribution in [0.4, 0.5) is 0 Å². The van der Waals surface area contributed by atoms with E-state index < -0.39 is 17.7 Å². The maximum atomic E-state index is 13.5. The lowest BCUT2D eigenvalue weighted by Crippen LogP contribution is -2.31. The fraction of sp³-hybridized carbons (Fsp3) is 0.387. The second-order valence-electron chi connectivity index (χ2n) is 10.1. The Balaban J connectivity index is 1.56. The molecule has 0 bridgehead atoms. The minimum absolute atomic E-state index is 0.0406. The van der Waals surface area contributed by atoms with E-state index in [0.29, 0.717) is 61.8 Å². The maximum Gasteiger partial charge on any atom is 0.295 e. The van der Waals surface area contributed by atoms with Gasteiger partial charge in [0.25, 0.3) is 11.7 Å². The third-order valence-electron chi connectivity index (χ3n) is 7.13. The number of rotatable bonds is 11. The number of Topliss-reactive ketones (excluding diaryl/α,β-unsaturated/α-hetero) is 1. The van der Waals surface area contributed by atoms with E-state index in [9.17, 15) is 14.7 Å². The summed E-state index contributed by atoms with van der Waals surface area (Å²) in [5.74, 6) is 0.342. The third kappa shape index (κ3) is 5.41. The summed E-state index contributed by atoms with van der Waals surface area (Å²) in [6, 6.07) is 10.0. The first-order valence-corrected chi connectivity index (χ1v) is 13.8. The molecule has 9 nitrogen and oxygen atoms in total. The van der Waals surface area contributed by atoms with Gasteiger partial charge >= 0.3 is 0 Å². The van der Waals surface area contributed by atoms with E-state index in [4.69, 9.17) is 14.2 Å². The summed E-state index contributed by atoms with van der Waals surface area (Å²) in [6.07, 6.45) is 7.46. The van der Waals surface area contributed by atoms with Gasteiger partial charge < -0.3 is 28.8 Å². The van der Waals surface area contributed by atoms with Crippen LogP contribution in [-0.2, 0) is 22.6 Å². The summed E-state index contributed by atoms with van der Waals surface area (Å²) in [4.78, 5) is 32.5. The average molecular weight is 546 g/mol. The lowest BCUT2D eigenvalue weighted by molar-refractivity contribution is -0.139.